The van der Waals surface area contributed by atoms with E-state index in [1.165, 1.54) is 24.3 Å². The Balaban J connectivity index is 1.78. The van der Waals surface area contributed by atoms with Crippen molar-refractivity contribution in [2.75, 3.05) is 5.32 Å². The Morgan fingerprint density at radius 1 is 1.13 bits per heavy atom. The zero-order valence-corrected chi connectivity index (χ0v) is 12.2. The average Bonchev–Trinajstić information content (AvgIpc) is 2.99. The molecule has 3 aromatic rings. The third-order valence-corrected chi connectivity index (χ3v) is 4.15. The predicted octanol–water partition coefficient (Wildman–Crippen LogP) is 2.95. The van der Waals surface area contributed by atoms with Crippen LogP contribution in [0.25, 0.3) is 10.9 Å². The maximum atomic E-state index is 12.9. The summed E-state index contributed by atoms with van der Waals surface area (Å²) in [5, 5.41) is 3.52. The normalized spacial score (nSPS) is 12.6. The number of anilines is 1. The van der Waals surface area contributed by atoms with Crippen molar-refractivity contribution in [3.63, 3.8) is 0 Å². The number of amides is 1. The molecule has 0 spiro atoms. The zero-order valence-electron chi connectivity index (χ0n) is 12.2. The van der Waals surface area contributed by atoms with Crippen LogP contribution in [0.15, 0.2) is 53.3 Å². The minimum absolute atomic E-state index is 0.0980. The highest BCUT2D eigenvalue weighted by molar-refractivity contribution is 6.06. The van der Waals surface area contributed by atoms with E-state index in [-0.39, 0.29) is 16.9 Å². The van der Waals surface area contributed by atoms with Crippen molar-refractivity contribution in [3.8, 4) is 0 Å². The lowest BCUT2D eigenvalue weighted by atomic mass is 10.1. The Morgan fingerprint density at radius 2 is 1.91 bits per heavy atom. The second kappa shape index (κ2) is 5.05. The van der Waals surface area contributed by atoms with Gasteiger partial charge in [-0.3, -0.25) is 9.59 Å². The van der Waals surface area contributed by atoms with Crippen molar-refractivity contribution in [2.24, 2.45) is 0 Å². The van der Waals surface area contributed by atoms with Crippen molar-refractivity contribution in [2.45, 2.75) is 13.0 Å². The Hall–Kier alpha value is -2.95. The highest BCUT2D eigenvalue weighted by Gasteiger charge is 2.20. The molecule has 5 heteroatoms. The largest absolute Gasteiger partial charge is 0.322 e. The Labute approximate surface area is 131 Å². The molecule has 1 N–H and O–H groups in total. The molecule has 0 fully saturated rings. The van der Waals surface area contributed by atoms with E-state index in [2.05, 4.69) is 5.32 Å². The maximum absolute atomic E-state index is 12.9. The van der Waals surface area contributed by atoms with E-state index in [4.69, 9.17) is 0 Å². The molecule has 23 heavy (non-hydrogen) atoms. The SMILES string of the molecule is O=C(Nc1ccc(F)cc1)c1cc2cccc3c2n(c1=O)CC3. The number of carbonyl (C=O) groups is 1. The molecular formula is C18H13FN2O2. The Bertz CT molecular complexity index is 990. The van der Waals surface area contributed by atoms with Crippen molar-refractivity contribution >= 4 is 22.5 Å². The molecule has 1 aliphatic heterocycles. The molecule has 0 unspecified atom stereocenters. The van der Waals surface area contributed by atoms with Crippen LogP contribution in [-0.4, -0.2) is 10.5 Å². The summed E-state index contributed by atoms with van der Waals surface area (Å²) in [6.07, 6.45) is 0.801. The highest BCUT2D eigenvalue weighted by atomic mass is 19.1. The molecule has 2 aromatic carbocycles. The van der Waals surface area contributed by atoms with Gasteiger partial charge in [-0.05, 0) is 47.7 Å². The van der Waals surface area contributed by atoms with E-state index < -0.39 is 5.91 Å². The lowest BCUT2D eigenvalue weighted by molar-refractivity contribution is 0.102. The molecule has 0 bridgehead atoms. The number of para-hydroxylation sites is 1. The molecule has 1 amide bonds. The van der Waals surface area contributed by atoms with E-state index in [9.17, 15) is 14.0 Å². The predicted molar refractivity (Wildman–Crippen MR) is 86.3 cm³/mol. The summed E-state index contributed by atoms with van der Waals surface area (Å²) >= 11 is 0. The summed E-state index contributed by atoms with van der Waals surface area (Å²) in [6, 6.07) is 12.9. The third kappa shape index (κ3) is 2.21. The van der Waals surface area contributed by atoms with Gasteiger partial charge in [0.25, 0.3) is 11.5 Å². The van der Waals surface area contributed by atoms with Gasteiger partial charge in [-0.25, -0.2) is 4.39 Å². The quantitative estimate of drug-likeness (QED) is 0.791. The smallest absolute Gasteiger partial charge is 0.263 e. The number of benzene rings is 2. The Kier molecular flexibility index (Phi) is 3.01. The summed E-state index contributed by atoms with van der Waals surface area (Å²) in [5.41, 5.74) is 2.30. The van der Waals surface area contributed by atoms with E-state index in [1.807, 2.05) is 18.2 Å². The number of halogens is 1. The Morgan fingerprint density at radius 3 is 2.70 bits per heavy atom. The van der Waals surface area contributed by atoms with E-state index in [0.717, 1.165) is 22.9 Å². The number of pyridine rings is 1. The number of rotatable bonds is 2. The number of hydrogen-bond acceptors (Lipinski definition) is 2. The summed E-state index contributed by atoms with van der Waals surface area (Å²) in [4.78, 5) is 25.0. The van der Waals surface area contributed by atoms with Gasteiger partial charge in [0, 0.05) is 12.2 Å². The molecule has 1 aliphatic rings. The van der Waals surface area contributed by atoms with E-state index >= 15 is 0 Å². The molecule has 1 aromatic heterocycles. The molecule has 0 atom stereocenters. The fourth-order valence-corrected chi connectivity index (χ4v) is 3.06. The topological polar surface area (TPSA) is 51.1 Å². The number of hydrogen-bond donors (Lipinski definition) is 1. The second-order valence-corrected chi connectivity index (χ2v) is 5.58. The average molecular weight is 308 g/mol. The maximum Gasteiger partial charge on any atom is 0.263 e. The van der Waals surface area contributed by atoms with Gasteiger partial charge in [0.2, 0.25) is 0 Å². The van der Waals surface area contributed by atoms with E-state index in [0.29, 0.717) is 12.2 Å². The van der Waals surface area contributed by atoms with Crippen LogP contribution in [0.2, 0.25) is 0 Å². The minimum Gasteiger partial charge on any atom is -0.322 e. The number of carbonyl (C=O) groups excluding carboxylic acids is 1. The van der Waals surface area contributed by atoms with Crippen molar-refractivity contribution in [3.05, 3.63) is 75.8 Å². The monoisotopic (exact) mass is 308 g/mol. The molecule has 0 aliphatic carbocycles. The van der Waals surface area contributed by atoms with Gasteiger partial charge in [0.05, 0.1) is 5.52 Å². The first-order valence-corrected chi connectivity index (χ1v) is 7.36. The molecule has 114 valence electrons. The molecule has 2 heterocycles. The van der Waals surface area contributed by atoms with Gasteiger partial charge in [0.15, 0.2) is 0 Å². The van der Waals surface area contributed by atoms with Crippen LogP contribution in [0, 0.1) is 5.82 Å². The van der Waals surface area contributed by atoms with Crippen LogP contribution in [0.5, 0.6) is 0 Å². The fourth-order valence-electron chi connectivity index (χ4n) is 3.06. The number of nitrogens with zero attached hydrogens (tertiary/aromatic N) is 1. The lowest BCUT2D eigenvalue weighted by Gasteiger charge is -2.09. The van der Waals surface area contributed by atoms with Crippen LogP contribution in [0.1, 0.15) is 15.9 Å². The van der Waals surface area contributed by atoms with Crippen molar-refractivity contribution in [1.29, 1.82) is 0 Å². The number of nitrogens with one attached hydrogen (secondary N) is 1. The number of aryl methyl sites for hydroxylation is 2. The molecule has 0 saturated heterocycles. The highest BCUT2D eigenvalue weighted by Crippen LogP contribution is 2.24. The molecule has 0 saturated carbocycles. The van der Waals surface area contributed by atoms with Crippen molar-refractivity contribution < 1.29 is 9.18 Å². The first kappa shape index (κ1) is 13.7. The van der Waals surface area contributed by atoms with Crippen LogP contribution >= 0.6 is 0 Å². The second-order valence-electron chi connectivity index (χ2n) is 5.58. The molecule has 4 rings (SSSR count). The molecular weight excluding hydrogens is 295 g/mol. The van der Waals surface area contributed by atoms with Gasteiger partial charge in [-0.2, -0.15) is 0 Å². The fraction of sp³-hybridized carbons (Fsp3) is 0.111. The van der Waals surface area contributed by atoms with Crippen LogP contribution < -0.4 is 10.9 Å². The summed E-state index contributed by atoms with van der Waals surface area (Å²) < 4.78 is 14.6. The summed E-state index contributed by atoms with van der Waals surface area (Å²) in [5.74, 6) is -0.862. The van der Waals surface area contributed by atoms with Crippen molar-refractivity contribution in [1.82, 2.24) is 4.57 Å². The van der Waals surface area contributed by atoms with Gasteiger partial charge in [0.1, 0.15) is 11.4 Å². The summed E-state index contributed by atoms with van der Waals surface area (Å²) in [6.45, 7) is 0.590. The first-order chi connectivity index (χ1) is 11.1. The first-order valence-electron chi connectivity index (χ1n) is 7.36. The summed E-state index contributed by atoms with van der Waals surface area (Å²) in [7, 11) is 0. The number of aromatic nitrogens is 1. The lowest BCUT2D eigenvalue weighted by Crippen LogP contribution is -2.28. The van der Waals surface area contributed by atoms with Gasteiger partial charge in [-0.15, -0.1) is 0 Å². The third-order valence-electron chi connectivity index (χ3n) is 4.15. The van der Waals surface area contributed by atoms with Crippen LogP contribution in [0.3, 0.4) is 0 Å². The van der Waals surface area contributed by atoms with Crippen LogP contribution in [0.4, 0.5) is 10.1 Å². The van der Waals surface area contributed by atoms with Gasteiger partial charge >= 0.3 is 0 Å². The molecule has 4 nitrogen and oxygen atoms in total. The van der Waals surface area contributed by atoms with Gasteiger partial charge in [-0.1, -0.05) is 18.2 Å². The van der Waals surface area contributed by atoms with Crippen LogP contribution in [-0.2, 0) is 13.0 Å². The standard InChI is InChI=1S/C18H13FN2O2/c19-13-4-6-14(7-5-13)20-17(22)15-10-12-3-1-2-11-8-9-21(16(11)12)18(15)23/h1-7,10H,8-9H2,(H,20,22). The van der Waals surface area contributed by atoms with E-state index in [1.54, 1.807) is 10.6 Å². The minimum atomic E-state index is -0.482. The molecule has 0 radical (unpaired) electrons. The zero-order chi connectivity index (χ0) is 16.0. The van der Waals surface area contributed by atoms with Gasteiger partial charge < -0.3 is 9.88 Å².